The molecule has 138 valence electrons. The lowest BCUT2D eigenvalue weighted by Crippen LogP contribution is -2.46. The minimum Gasteiger partial charge on any atom is -0.357 e. The largest absolute Gasteiger partial charge is 0.357 e. The molecule has 1 aliphatic carbocycles. The van der Waals surface area contributed by atoms with Gasteiger partial charge >= 0.3 is 0 Å². The lowest BCUT2D eigenvalue weighted by Gasteiger charge is -2.32. The third kappa shape index (κ3) is 6.57. The quantitative estimate of drug-likeness (QED) is 0.399. The summed E-state index contributed by atoms with van der Waals surface area (Å²) in [6.45, 7) is 11.4. The van der Waals surface area contributed by atoms with Crippen LogP contribution in [0.2, 0.25) is 0 Å². The van der Waals surface area contributed by atoms with Crippen LogP contribution in [-0.2, 0) is 13.0 Å². The van der Waals surface area contributed by atoms with Crippen LogP contribution in [0.5, 0.6) is 0 Å². The molecule has 0 saturated heterocycles. The molecule has 7 heteroatoms. The Labute approximate surface area is 163 Å². The number of aromatic nitrogens is 3. The lowest BCUT2D eigenvalue weighted by molar-refractivity contribution is 0.255. The van der Waals surface area contributed by atoms with Crippen molar-refractivity contribution in [3.05, 3.63) is 12.2 Å². The van der Waals surface area contributed by atoms with E-state index < -0.39 is 0 Å². The van der Waals surface area contributed by atoms with Crippen LogP contribution in [-0.4, -0.2) is 39.9 Å². The fourth-order valence-electron chi connectivity index (χ4n) is 3.59. The normalized spacial score (nSPS) is 24.3. The summed E-state index contributed by atoms with van der Waals surface area (Å²) >= 11 is 0. The maximum Gasteiger partial charge on any atom is 0.191 e. The van der Waals surface area contributed by atoms with E-state index in [2.05, 4.69) is 53.1 Å². The molecule has 2 atom stereocenters. The molecular formula is C17H33IN6. The molecule has 1 fully saturated rings. The maximum atomic E-state index is 4.73. The van der Waals surface area contributed by atoms with Gasteiger partial charge in [0.05, 0.1) is 6.54 Å². The van der Waals surface area contributed by atoms with Gasteiger partial charge in [0.2, 0.25) is 0 Å². The summed E-state index contributed by atoms with van der Waals surface area (Å²) in [6, 6.07) is 0.535. The summed E-state index contributed by atoms with van der Waals surface area (Å²) < 4.78 is 2.08. The van der Waals surface area contributed by atoms with Crippen molar-refractivity contribution in [1.29, 1.82) is 0 Å². The van der Waals surface area contributed by atoms with E-state index in [1.165, 1.54) is 19.3 Å². The molecular weight excluding hydrogens is 415 g/mol. The Kier molecular flexibility index (Phi) is 9.61. The van der Waals surface area contributed by atoms with Crippen molar-refractivity contribution in [3.8, 4) is 0 Å². The van der Waals surface area contributed by atoms with Gasteiger partial charge in [0, 0.05) is 25.6 Å². The molecule has 0 amide bonds. The van der Waals surface area contributed by atoms with E-state index in [0.29, 0.717) is 6.04 Å². The third-order valence-corrected chi connectivity index (χ3v) is 4.49. The predicted octanol–water partition coefficient (Wildman–Crippen LogP) is 2.84. The topological polar surface area (TPSA) is 67.1 Å². The second kappa shape index (κ2) is 10.9. The van der Waals surface area contributed by atoms with E-state index in [1.54, 1.807) is 6.33 Å². The Morgan fingerprint density at radius 3 is 2.58 bits per heavy atom. The van der Waals surface area contributed by atoms with E-state index in [4.69, 9.17) is 4.99 Å². The fourth-order valence-corrected chi connectivity index (χ4v) is 3.59. The molecule has 1 aliphatic rings. The SMILES string of the molecule is CCNC(=NCCn1cnnc1CC)NC1CC(C)CC(C)C1.I. The fraction of sp³-hybridized carbons (Fsp3) is 0.824. The van der Waals surface area contributed by atoms with Crippen molar-refractivity contribution in [2.45, 2.75) is 66.0 Å². The van der Waals surface area contributed by atoms with Crippen molar-refractivity contribution in [3.63, 3.8) is 0 Å². The molecule has 0 bridgehead atoms. The Morgan fingerprint density at radius 1 is 1.25 bits per heavy atom. The van der Waals surface area contributed by atoms with Gasteiger partial charge in [-0.2, -0.15) is 0 Å². The number of rotatable bonds is 6. The first kappa shape index (κ1) is 21.2. The highest BCUT2D eigenvalue weighted by molar-refractivity contribution is 14.0. The van der Waals surface area contributed by atoms with E-state index in [0.717, 1.165) is 49.7 Å². The van der Waals surface area contributed by atoms with Crippen molar-refractivity contribution >= 4 is 29.9 Å². The van der Waals surface area contributed by atoms with Gasteiger partial charge in [0.15, 0.2) is 5.96 Å². The summed E-state index contributed by atoms with van der Waals surface area (Å²) in [5, 5.41) is 15.1. The summed E-state index contributed by atoms with van der Waals surface area (Å²) in [5.41, 5.74) is 0. The number of halogens is 1. The van der Waals surface area contributed by atoms with Crippen LogP contribution in [0.15, 0.2) is 11.3 Å². The Morgan fingerprint density at radius 2 is 1.96 bits per heavy atom. The van der Waals surface area contributed by atoms with Gasteiger partial charge in [0.1, 0.15) is 12.2 Å². The van der Waals surface area contributed by atoms with Crippen LogP contribution < -0.4 is 10.6 Å². The Balaban J connectivity index is 0.00000288. The second-order valence-electron chi connectivity index (χ2n) is 6.81. The first-order chi connectivity index (χ1) is 11.1. The molecule has 24 heavy (non-hydrogen) atoms. The molecule has 6 nitrogen and oxygen atoms in total. The number of aryl methyl sites for hydroxylation is 1. The Bertz CT molecular complexity index is 491. The first-order valence-electron chi connectivity index (χ1n) is 9.03. The minimum atomic E-state index is 0. The van der Waals surface area contributed by atoms with Crippen molar-refractivity contribution < 1.29 is 0 Å². The lowest BCUT2D eigenvalue weighted by atomic mass is 9.80. The predicted molar refractivity (Wildman–Crippen MR) is 110 cm³/mol. The monoisotopic (exact) mass is 448 g/mol. The molecule has 0 spiro atoms. The zero-order chi connectivity index (χ0) is 16.7. The number of nitrogens with one attached hydrogen (secondary N) is 2. The van der Waals surface area contributed by atoms with E-state index in [9.17, 15) is 0 Å². The van der Waals surface area contributed by atoms with Crippen LogP contribution in [0, 0.1) is 11.8 Å². The molecule has 1 aromatic heterocycles. The van der Waals surface area contributed by atoms with Crippen LogP contribution in [0.4, 0.5) is 0 Å². The standard InChI is InChI=1S/C17H32N6.HI/c1-5-16-22-20-12-23(16)8-7-19-17(18-6-2)21-15-10-13(3)9-14(4)11-15;/h12-15H,5-11H2,1-4H3,(H2,18,19,21);1H. The van der Waals surface area contributed by atoms with E-state index in [1.807, 2.05) is 0 Å². The van der Waals surface area contributed by atoms with Crippen LogP contribution in [0.25, 0.3) is 0 Å². The summed E-state index contributed by atoms with van der Waals surface area (Å²) in [7, 11) is 0. The molecule has 1 aromatic rings. The molecule has 2 rings (SSSR count). The van der Waals surface area contributed by atoms with Crippen LogP contribution >= 0.6 is 24.0 Å². The number of hydrogen-bond acceptors (Lipinski definition) is 3. The molecule has 0 aromatic carbocycles. The molecule has 0 radical (unpaired) electrons. The molecule has 2 unspecified atom stereocenters. The zero-order valence-corrected chi connectivity index (χ0v) is 17.8. The second-order valence-corrected chi connectivity index (χ2v) is 6.81. The van der Waals surface area contributed by atoms with Gasteiger partial charge in [0.25, 0.3) is 0 Å². The highest BCUT2D eigenvalue weighted by atomic mass is 127. The third-order valence-electron chi connectivity index (χ3n) is 4.49. The van der Waals surface area contributed by atoms with Gasteiger partial charge in [-0.05, 0) is 38.0 Å². The van der Waals surface area contributed by atoms with Crippen molar-refractivity contribution in [2.24, 2.45) is 16.8 Å². The molecule has 2 N–H and O–H groups in total. The van der Waals surface area contributed by atoms with Gasteiger partial charge in [-0.15, -0.1) is 34.2 Å². The smallest absolute Gasteiger partial charge is 0.191 e. The average molecular weight is 448 g/mol. The average Bonchev–Trinajstić information content (AvgIpc) is 2.94. The summed E-state index contributed by atoms with van der Waals surface area (Å²) in [5.74, 6) is 3.55. The van der Waals surface area contributed by atoms with Gasteiger partial charge in [-0.25, -0.2) is 0 Å². The van der Waals surface area contributed by atoms with Gasteiger partial charge in [-0.3, -0.25) is 4.99 Å². The number of guanidine groups is 1. The van der Waals surface area contributed by atoms with Gasteiger partial charge < -0.3 is 15.2 Å². The van der Waals surface area contributed by atoms with Crippen LogP contribution in [0.3, 0.4) is 0 Å². The summed E-state index contributed by atoms with van der Waals surface area (Å²) in [4.78, 5) is 4.73. The minimum absolute atomic E-state index is 0. The van der Waals surface area contributed by atoms with E-state index in [-0.39, 0.29) is 24.0 Å². The molecule has 1 heterocycles. The van der Waals surface area contributed by atoms with Crippen molar-refractivity contribution in [2.75, 3.05) is 13.1 Å². The van der Waals surface area contributed by atoms with Crippen LogP contribution in [0.1, 0.15) is 52.8 Å². The Hall–Kier alpha value is -0.860. The maximum absolute atomic E-state index is 4.73. The first-order valence-corrected chi connectivity index (χ1v) is 9.03. The molecule has 1 saturated carbocycles. The van der Waals surface area contributed by atoms with E-state index >= 15 is 0 Å². The summed E-state index contributed by atoms with van der Waals surface area (Å²) in [6.07, 6.45) is 6.51. The number of nitrogens with zero attached hydrogens (tertiary/aromatic N) is 4. The number of aliphatic imine (C=N–C) groups is 1. The highest BCUT2D eigenvalue weighted by Crippen LogP contribution is 2.28. The zero-order valence-electron chi connectivity index (χ0n) is 15.5. The van der Waals surface area contributed by atoms with Gasteiger partial charge in [-0.1, -0.05) is 20.8 Å². The number of hydrogen-bond donors (Lipinski definition) is 2. The molecule has 0 aliphatic heterocycles. The highest BCUT2D eigenvalue weighted by Gasteiger charge is 2.24. The van der Waals surface area contributed by atoms with Crippen molar-refractivity contribution in [1.82, 2.24) is 25.4 Å².